The van der Waals surface area contributed by atoms with Crippen LogP contribution in [0.25, 0.3) is 0 Å². The lowest BCUT2D eigenvalue weighted by Crippen LogP contribution is -2.66. The molecule has 1 aromatic carbocycles. The van der Waals surface area contributed by atoms with E-state index in [-0.39, 0.29) is 29.8 Å². The molecule has 4 heterocycles. The van der Waals surface area contributed by atoms with E-state index in [4.69, 9.17) is 4.74 Å². The van der Waals surface area contributed by atoms with E-state index in [0.29, 0.717) is 31.1 Å². The summed E-state index contributed by atoms with van der Waals surface area (Å²) in [4.78, 5) is 30.2. The second-order valence-electron chi connectivity index (χ2n) is 8.82. The van der Waals surface area contributed by atoms with Crippen LogP contribution in [0.5, 0.6) is 5.75 Å². The summed E-state index contributed by atoms with van der Waals surface area (Å²) < 4.78 is 5.40. The average molecular weight is 409 g/mol. The Bertz CT molecular complexity index is 928. The first-order valence-electron chi connectivity index (χ1n) is 10.9. The van der Waals surface area contributed by atoms with E-state index in [0.717, 1.165) is 31.4 Å². The number of nitrogens with one attached hydrogen (secondary N) is 1. The van der Waals surface area contributed by atoms with Crippen molar-refractivity contribution in [2.75, 3.05) is 20.2 Å². The van der Waals surface area contributed by atoms with Gasteiger partial charge in [0, 0.05) is 37.8 Å². The quantitative estimate of drug-likeness (QED) is 0.843. The zero-order valence-corrected chi connectivity index (χ0v) is 17.3. The van der Waals surface area contributed by atoms with Crippen molar-refractivity contribution in [3.63, 3.8) is 0 Å². The zero-order chi connectivity index (χ0) is 20.7. The van der Waals surface area contributed by atoms with Gasteiger partial charge in [0.25, 0.3) is 5.91 Å². The van der Waals surface area contributed by atoms with Crippen LogP contribution in [0.2, 0.25) is 0 Å². The number of carbonyl (C=O) groups is 2. The summed E-state index contributed by atoms with van der Waals surface area (Å²) in [7, 11) is 1.68. The van der Waals surface area contributed by atoms with Crippen molar-refractivity contribution in [1.82, 2.24) is 20.0 Å². The first-order valence-corrected chi connectivity index (χ1v) is 10.9. The van der Waals surface area contributed by atoms with Crippen molar-refractivity contribution < 1.29 is 14.3 Å². The van der Waals surface area contributed by atoms with Crippen LogP contribution >= 0.6 is 0 Å². The van der Waals surface area contributed by atoms with E-state index < -0.39 is 0 Å². The molecule has 5 rings (SSSR count). The first kappa shape index (κ1) is 19.2. The molecule has 0 aliphatic carbocycles. The van der Waals surface area contributed by atoms with Crippen LogP contribution in [0.15, 0.2) is 36.5 Å². The molecule has 1 N–H and O–H groups in total. The summed E-state index contributed by atoms with van der Waals surface area (Å²) in [6.45, 7) is 1.40. The lowest BCUT2D eigenvalue weighted by Gasteiger charge is -2.56. The molecule has 3 aliphatic heterocycles. The summed E-state index contributed by atoms with van der Waals surface area (Å²) in [6.07, 6.45) is 6.11. The van der Waals surface area contributed by atoms with Crippen LogP contribution in [0.1, 0.15) is 41.7 Å². The molecule has 0 saturated carbocycles. The molecule has 0 spiro atoms. The minimum absolute atomic E-state index is 0.0120. The number of amides is 2. The number of rotatable bonds is 4. The van der Waals surface area contributed by atoms with Crippen molar-refractivity contribution in [3.8, 4) is 5.75 Å². The van der Waals surface area contributed by atoms with E-state index in [1.807, 2.05) is 17.0 Å². The van der Waals surface area contributed by atoms with Crippen molar-refractivity contribution in [2.24, 2.45) is 11.8 Å². The van der Waals surface area contributed by atoms with Crippen LogP contribution in [-0.4, -0.2) is 64.1 Å². The smallest absolute Gasteiger partial charge is 0.271 e. The van der Waals surface area contributed by atoms with Gasteiger partial charge in [0.15, 0.2) is 0 Å². The Kier molecular flexibility index (Phi) is 4.97. The lowest BCUT2D eigenvalue weighted by molar-refractivity contribution is -0.151. The number of carbonyl (C=O) groups excluding carboxylic acids is 2. The fourth-order valence-corrected chi connectivity index (χ4v) is 5.79. The Morgan fingerprint density at radius 3 is 2.93 bits per heavy atom. The Morgan fingerprint density at radius 2 is 2.13 bits per heavy atom. The summed E-state index contributed by atoms with van der Waals surface area (Å²) in [6, 6.07) is 10.2. The molecule has 7 nitrogen and oxygen atoms in total. The number of methoxy groups -OCH3 is 1. The number of hydrogen-bond acceptors (Lipinski definition) is 4. The van der Waals surface area contributed by atoms with Gasteiger partial charge >= 0.3 is 0 Å². The number of benzene rings is 1. The Hall–Kier alpha value is -2.83. The van der Waals surface area contributed by atoms with Crippen LogP contribution < -0.4 is 4.74 Å². The van der Waals surface area contributed by atoms with Gasteiger partial charge in [-0.05, 0) is 61.3 Å². The molecule has 2 bridgehead atoms. The molecule has 3 fully saturated rings. The predicted molar refractivity (Wildman–Crippen MR) is 111 cm³/mol. The third kappa shape index (κ3) is 3.36. The molecule has 4 atom stereocenters. The number of likely N-dealkylation sites (tertiary alicyclic amines) is 1. The van der Waals surface area contributed by atoms with Crippen molar-refractivity contribution in [3.05, 3.63) is 47.8 Å². The number of H-pyrrole nitrogens is 1. The number of fused-ring (bicyclic) bond motifs is 4. The van der Waals surface area contributed by atoms with Gasteiger partial charge in [-0.25, -0.2) is 0 Å². The van der Waals surface area contributed by atoms with Gasteiger partial charge in [-0.3, -0.25) is 14.7 Å². The van der Waals surface area contributed by atoms with Gasteiger partial charge in [-0.2, -0.15) is 5.10 Å². The van der Waals surface area contributed by atoms with Gasteiger partial charge in [0.1, 0.15) is 11.4 Å². The maximum Gasteiger partial charge on any atom is 0.271 e. The predicted octanol–water partition coefficient (Wildman–Crippen LogP) is 2.50. The largest absolute Gasteiger partial charge is 0.497 e. The minimum atomic E-state index is 0.0120. The summed E-state index contributed by atoms with van der Waals surface area (Å²) >= 11 is 0. The third-order valence-corrected chi connectivity index (χ3v) is 7.09. The van der Waals surface area contributed by atoms with Gasteiger partial charge < -0.3 is 14.5 Å². The van der Waals surface area contributed by atoms with Gasteiger partial charge in [0.2, 0.25) is 5.91 Å². The average Bonchev–Trinajstić information content (AvgIpc) is 3.31. The fourth-order valence-electron chi connectivity index (χ4n) is 5.79. The molecule has 0 radical (unpaired) electrons. The molecule has 0 unspecified atom stereocenters. The molecule has 30 heavy (non-hydrogen) atoms. The van der Waals surface area contributed by atoms with E-state index in [1.165, 1.54) is 5.56 Å². The van der Waals surface area contributed by atoms with Crippen LogP contribution in [0.4, 0.5) is 0 Å². The van der Waals surface area contributed by atoms with Crippen molar-refractivity contribution in [1.29, 1.82) is 0 Å². The van der Waals surface area contributed by atoms with Gasteiger partial charge in [-0.15, -0.1) is 0 Å². The highest BCUT2D eigenvalue weighted by Crippen LogP contribution is 2.43. The lowest BCUT2D eigenvalue weighted by atomic mass is 9.70. The molecule has 3 aliphatic rings. The molecular formula is C23H28N4O3. The normalized spacial score (nSPS) is 28.2. The van der Waals surface area contributed by atoms with Crippen LogP contribution in [0.3, 0.4) is 0 Å². The summed E-state index contributed by atoms with van der Waals surface area (Å²) in [5.41, 5.74) is 1.71. The Morgan fingerprint density at radius 1 is 1.27 bits per heavy atom. The number of hydrogen-bond donors (Lipinski definition) is 1. The monoisotopic (exact) mass is 408 g/mol. The minimum Gasteiger partial charge on any atom is -0.497 e. The number of nitrogens with zero attached hydrogens (tertiary/aromatic N) is 3. The molecule has 2 aromatic rings. The van der Waals surface area contributed by atoms with Gasteiger partial charge in [0.05, 0.1) is 7.11 Å². The van der Waals surface area contributed by atoms with Crippen molar-refractivity contribution in [2.45, 2.75) is 44.2 Å². The molecule has 1 aromatic heterocycles. The molecule has 3 saturated heterocycles. The van der Waals surface area contributed by atoms with E-state index in [2.05, 4.69) is 27.2 Å². The fraction of sp³-hybridized carbons (Fsp3) is 0.522. The van der Waals surface area contributed by atoms with Gasteiger partial charge in [-0.1, -0.05) is 12.1 Å². The number of aromatic amines is 1. The second kappa shape index (κ2) is 7.78. The van der Waals surface area contributed by atoms with Crippen LogP contribution in [0, 0.1) is 11.8 Å². The highest BCUT2D eigenvalue weighted by Gasteiger charge is 2.50. The molecule has 7 heteroatoms. The Labute approximate surface area is 176 Å². The van der Waals surface area contributed by atoms with E-state index >= 15 is 0 Å². The van der Waals surface area contributed by atoms with E-state index in [1.54, 1.807) is 19.4 Å². The number of piperidine rings is 3. The maximum absolute atomic E-state index is 13.0. The molecular weight excluding hydrogens is 380 g/mol. The number of aromatic nitrogens is 2. The summed E-state index contributed by atoms with van der Waals surface area (Å²) in [5.74, 6) is 1.75. The Balaban J connectivity index is 1.44. The number of ether oxygens (including phenoxy) is 1. The third-order valence-electron chi connectivity index (χ3n) is 7.09. The highest BCUT2D eigenvalue weighted by atomic mass is 16.5. The highest BCUT2D eigenvalue weighted by molar-refractivity contribution is 5.92. The second-order valence-corrected chi connectivity index (χ2v) is 8.82. The molecule has 2 amide bonds. The van der Waals surface area contributed by atoms with Crippen molar-refractivity contribution >= 4 is 11.8 Å². The summed E-state index contributed by atoms with van der Waals surface area (Å²) in [5, 5.41) is 6.74. The molecule has 158 valence electrons. The first-order chi connectivity index (χ1) is 14.6. The topological polar surface area (TPSA) is 78.5 Å². The standard InChI is InChI=1S/C23H28N4O3/c1-30-18-5-2-4-15(10-18)11-21-17-12-16(20-6-3-7-22(28)27(20)21)13-26(14-17)23(29)19-8-9-24-25-19/h2,4-5,8-10,16-17,20-21H,3,6-7,11-14H2,1H3,(H,24,25)/t16-,17+,20+,21+/m1/s1. The van der Waals surface area contributed by atoms with E-state index in [9.17, 15) is 9.59 Å². The zero-order valence-electron chi connectivity index (χ0n) is 17.3. The van der Waals surface area contributed by atoms with Crippen LogP contribution in [-0.2, 0) is 11.2 Å². The maximum atomic E-state index is 13.0. The SMILES string of the molecule is COc1cccc(C[C@H]2[C@H]3C[C@H](CN(C(=O)c4ccn[nH]4)C3)[C@@H]3CCCC(=O)N32)c1.